The predicted octanol–water partition coefficient (Wildman–Crippen LogP) is 1.04. The molecule has 1 saturated heterocycles. The Morgan fingerprint density at radius 1 is 1.16 bits per heavy atom. The van der Waals surface area contributed by atoms with Gasteiger partial charge in [0, 0.05) is 33.2 Å². The van der Waals surface area contributed by atoms with Gasteiger partial charge in [-0.25, -0.2) is 0 Å². The maximum atomic E-state index is 6.24. The van der Waals surface area contributed by atoms with Gasteiger partial charge in [-0.15, -0.1) is 0 Å². The van der Waals surface area contributed by atoms with Gasteiger partial charge in [0.2, 0.25) is 0 Å². The summed E-state index contributed by atoms with van der Waals surface area (Å²) >= 11 is 0. The van der Waals surface area contributed by atoms with Gasteiger partial charge in [0.25, 0.3) is 0 Å². The summed E-state index contributed by atoms with van der Waals surface area (Å²) in [5.41, 5.74) is 16.8. The topological polar surface area (TPSA) is 61.8 Å². The lowest BCUT2D eigenvalue weighted by atomic mass is 10.1. The number of nitrogen functional groups attached to an aromatic ring is 1. The average Bonchev–Trinajstić information content (AvgIpc) is 2.89. The molecule has 1 fully saturated rings. The van der Waals surface area contributed by atoms with Crippen molar-refractivity contribution in [1.82, 2.24) is 0 Å². The van der Waals surface area contributed by atoms with Gasteiger partial charge in [0.1, 0.15) is 0 Å². The lowest BCUT2D eigenvalue weighted by molar-refractivity contribution is 0.709. The van der Waals surface area contributed by atoms with E-state index < -0.39 is 0 Å². The van der Waals surface area contributed by atoms with Gasteiger partial charge in [0.05, 0.1) is 28.9 Å². The number of rotatable bonds is 1. The first kappa shape index (κ1) is 12.4. The number of hydrogen-bond acceptors (Lipinski definition) is 5. The first-order chi connectivity index (χ1) is 9.00. The zero-order chi connectivity index (χ0) is 13.7. The summed E-state index contributed by atoms with van der Waals surface area (Å²) in [4.78, 5) is 6.92. The van der Waals surface area contributed by atoms with E-state index in [9.17, 15) is 0 Å². The van der Waals surface area contributed by atoms with Crippen molar-refractivity contribution >= 4 is 22.7 Å². The molecule has 5 heteroatoms. The zero-order valence-electron chi connectivity index (χ0n) is 11.9. The standard InChI is InChI=1S/C14H23N5/c1-9-17(2)12-5-4-11(16)13(14(12)18(9)3)19-7-6-10(15)8-19/h4-5,9-10H,6-8,15-16H2,1-3H3. The number of hydrogen-bond donors (Lipinski definition) is 2. The highest BCUT2D eigenvalue weighted by Crippen LogP contribution is 2.48. The van der Waals surface area contributed by atoms with Crippen molar-refractivity contribution in [3.8, 4) is 0 Å². The second-order valence-electron chi connectivity index (χ2n) is 5.72. The molecule has 0 aromatic heterocycles. The summed E-state index contributed by atoms with van der Waals surface area (Å²) in [5.74, 6) is 0. The summed E-state index contributed by atoms with van der Waals surface area (Å²) in [6.45, 7) is 4.09. The van der Waals surface area contributed by atoms with E-state index in [1.165, 1.54) is 11.4 Å². The first-order valence-electron chi connectivity index (χ1n) is 6.89. The molecule has 104 valence electrons. The smallest absolute Gasteiger partial charge is 0.0983 e. The van der Waals surface area contributed by atoms with Crippen LogP contribution in [0.2, 0.25) is 0 Å². The zero-order valence-corrected chi connectivity index (χ0v) is 11.9. The third-order valence-electron chi connectivity index (χ3n) is 4.56. The van der Waals surface area contributed by atoms with Crippen molar-refractivity contribution in [2.45, 2.75) is 25.6 Å². The fourth-order valence-electron chi connectivity index (χ4n) is 3.19. The monoisotopic (exact) mass is 261 g/mol. The van der Waals surface area contributed by atoms with Crippen LogP contribution in [0.3, 0.4) is 0 Å². The molecule has 5 nitrogen and oxygen atoms in total. The van der Waals surface area contributed by atoms with E-state index in [0.717, 1.165) is 30.9 Å². The number of fused-ring (bicyclic) bond motifs is 1. The molecule has 3 rings (SSSR count). The van der Waals surface area contributed by atoms with Crippen molar-refractivity contribution in [3.05, 3.63) is 12.1 Å². The van der Waals surface area contributed by atoms with Gasteiger partial charge in [-0.2, -0.15) is 0 Å². The van der Waals surface area contributed by atoms with Crippen LogP contribution in [0.25, 0.3) is 0 Å². The van der Waals surface area contributed by atoms with Gasteiger partial charge in [-0.05, 0) is 25.5 Å². The van der Waals surface area contributed by atoms with Crippen molar-refractivity contribution < 1.29 is 0 Å². The molecule has 0 spiro atoms. The van der Waals surface area contributed by atoms with Crippen LogP contribution in [0.4, 0.5) is 22.7 Å². The van der Waals surface area contributed by atoms with Crippen LogP contribution in [0, 0.1) is 0 Å². The number of nitrogens with zero attached hydrogens (tertiary/aromatic N) is 3. The number of nitrogens with two attached hydrogens (primary N) is 2. The molecule has 0 bridgehead atoms. The SMILES string of the molecule is CC1N(C)c2ccc(N)c(N3CCC(N)C3)c2N1C. The molecular formula is C14H23N5. The second-order valence-corrected chi connectivity index (χ2v) is 5.72. The Balaban J connectivity index is 2.10. The van der Waals surface area contributed by atoms with Gasteiger partial charge < -0.3 is 26.2 Å². The van der Waals surface area contributed by atoms with Crippen LogP contribution in [0.5, 0.6) is 0 Å². The molecule has 19 heavy (non-hydrogen) atoms. The molecule has 0 aliphatic carbocycles. The lowest BCUT2D eigenvalue weighted by Gasteiger charge is -2.27. The second kappa shape index (κ2) is 4.20. The van der Waals surface area contributed by atoms with E-state index in [-0.39, 0.29) is 6.04 Å². The van der Waals surface area contributed by atoms with Crippen LogP contribution in [0.15, 0.2) is 12.1 Å². The summed E-state index contributed by atoms with van der Waals surface area (Å²) in [7, 11) is 4.26. The quantitative estimate of drug-likeness (QED) is 0.740. The molecule has 2 atom stereocenters. The highest BCUT2D eigenvalue weighted by atomic mass is 15.4. The maximum Gasteiger partial charge on any atom is 0.0983 e. The Labute approximate surface area is 114 Å². The van der Waals surface area contributed by atoms with E-state index in [1.807, 2.05) is 6.07 Å². The molecular weight excluding hydrogens is 238 g/mol. The lowest BCUT2D eigenvalue weighted by Crippen LogP contribution is -2.36. The largest absolute Gasteiger partial charge is 0.397 e. The fraction of sp³-hybridized carbons (Fsp3) is 0.571. The third-order valence-corrected chi connectivity index (χ3v) is 4.56. The molecule has 2 aliphatic rings. The molecule has 1 aromatic rings. The van der Waals surface area contributed by atoms with Gasteiger partial charge >= 0.3 is 0 Å². The van der Waals surface area contributed by atoms with E-state index in [1.54, 1.807) is 0 Å². The minimum absolute atomic E-state index is 0.261. The molecule has 2 unspecified atom stereocenters. The molecule has 0 amide bonds. The van der Waals surface area contributed by atoms with Gasteiger partial charge in [0.15, 0.2) is 0 Å². The van der Waals surface area contributed by atoms with Crippen molar-refractivity contribution in [2.24, 2.45) is 5.73 Å². The third kappa shape index (κ3) is 1.72. The summed E-state index contributed by atoms with van der Waals surface area (Å²) in [5, 5.41) is 0. The molecule has 4 N–H and O–H groups in total. The van der Waals surface area contributed by atoms with E-state index in [4.69, 9.17) is 11.5 Å². The number of anilines is 4. The minimum Gasteiger partial charge on any atom is -0.397 e. The van der Waals surface area contributed by atoms with E-state index in [2.05, 4.69) is 41.8 Å². The maximum absolute atomic E-state index is 6.24. The predicted molar refractivity (Wildman–Crippen MR) is 81.9 cm³/mol. The Kier molecular flexibility index (Phi) is 2.74. The Bertz CT molecular complexity index is 501. The number of benzene rings is 1. The molecule has 0 saturated carbocycles. The van der Waals surface area contributed by atoms with Crippen molar-refractivity contribution in [2.75, 3.05) is 47.6 Å². The van der Waals surface area contributed by atoms with Crippen LogP contribution in [-0.2, 0) is 0 Å². The first-order valence-corrected chi connectivity index (χ1v) is 6.89. The Hall–Kier alpha value is -1.62. The van der Waals surface area contributed by atoms with Crippen molar-refractivity contribution in [3.63, 3.8) is 0 Å². The van der Waals surface area contributed by atoms with Gasteiger partial charge in [-0.3, -0.25) is 0 Å². The normalized spacial score (nSPS) is 26.2. The van der Waals surface area contributed by atoms with E-state index >= 15 is 0 Å². The van der Waals surface area contributed by atoms with Crippen LogP contribution >= 0.6 is 0 Å². The van der Waals surface area contributed by atoms with Gasteiger partial charge in [-0.1, -0.05) is 0 Å². The van der Waals surface area contributed by atoms with E-state index in [0.29, 0.717) is 6.17 Å². The summed E-state index contributed by atoms with van der Waals surface area (Å²) in [6, 6.07) is 4.39. The fourth-order valence-corrected chi connectivity index (χ4v) is 3.19. The highest BCUT2D eigenvalue weighted by Gasteiger charge is 2.34. The molecule has 0 radical (unpaired) electrons. The highest BCUT2D eigenvalue weighted by molar-refractivity contribution is 5.95. The summed E-state index contributed by atoms with van der Waals surface area (Å²) in [6.07, 6.45) is 1.39. The minimum atomic E-state index is 0.261. The Morgan fingerprint density at radius 2 is 1.89 bits per heavy atom. The molecule has 2 heterocycles. The van der Waals surface area contributed by atoms with Crippen LogP contribution < -0.4 is 26.2 Å². The van der Waals surface area contributed by atoms with Crippen LogP contribution in [-0.4, -0.2) is 39.4 Å². The Morgan fingerprint density at radius 3 is 2.53 bits per heavy atom. The van der Waals surface area contributed by atoms with Crippen molar-refractivity contribution in [1.29, 1.82) is 0 Å². The molecule has 2 aliphatic heterocycles. The van der Waals surface area contributed by atoms with Crippen LogP contribution in [0.1, 0.15) is 13.3 Å². The molecule has 1 aromatic carbocycles. The summed E-state index contributed by atoms with van der Waals surface area (Å²) < 4.78 is 0. The average molecular weight is 261 g/mol.